The number of carbonyl (C=O) groups excluding carboxylic acids is 1. The molecule has 0 aliphatic rings. The van der Waals surface area contributed by atoms with Crippen molar-refractivity contribution in [3.8, 4) is 5.69 Å². The molecule has 0 N–H and O–H groups in total. The van der Waals surface area contributed by atoms with Gasteiger partial charge in [-0.2, -0.15) is 5.10 Å². The molecule has 0 aliphatic heterocycles. The first kappa shape index (κ1) is 13.0. The summed E-state index contributed by atoms with van der Waals surface area (Å²) in [5.74, 6) is 0.155. The van der Waals surface area contributed by atoms with E-state index in [2.05, 4.69) is 21.0 Å². The van der Waals surface area contributed by atoms with Gasteiger partial charge >= 0.3 is 0 Å². The van der Waals surface area contributed by atoms with Crippen LogP contribution in [0.3, 0.4) is 0 Å². The first-order chi connectivity index (χ1) is 8.47. The smallest absolute Gasteiger partial charge is 0.134 e. The molecule has 0 radical (unpaired) electrons. The van der Waals surface area contributed by atoms with Gasteiger partial charge in [-0.05, 0) is 38.5 Å². The van der Waals surface area contributed by atoms with Gasteiger partial charge in [0, 0.05) is 22.7 Å². The van der Waals surface area contributed by atoms with Crippen molar-refractivity contribution in [1.82, 2.24) is 9.78 Å². The van der Waals surface area contributed by atoms with Gasteiger partial charge in [0.15, 0.2) is 0 Å². The molecule has 2 rings (SSSR count). The minimum atomic E-state index is 0.155. The number of hydrogen-bond acceptors (Lipinski definition) is 2. The van der Waals surface area contributed by atoms with Crippen LogP contribution in [0.5, 0.6) is 0 Å². The molecule has 0 atom stereocenters. The van der Waals surface area contributed by atoms with Crippen LogP contribution in [-0.4, -0.2) is 15.6 Å². The minimum absolute atomic E-state index is 0.155. The number of Topliss-reactive ketones (excluding diaryl/α,β-unsaturated/α-hetero) is 1. The number of halogens is 1. The van der Waals surface area contributed by atoms with Crippen LogP contribution in [0.1, 0.15) is 23.7 Å². The number of benzene rings is 1. The zero-order valence-corrected chi connectivity index (χ0v) is 12.3. The molecule has 0 aliphatic carbocycles. The number of aromatic nitrogens is 2. The van der Waals surface area contributed by atoms with Crippen LogP contribution in [0.4, 0.5) is 0 Å². The van der Waals surface area contributed by atoms with Crippen LogP contribution >= 0.6 is 15.9 Å². The Labute approximate surface area is 115 Å². The largest absolute Gasteiger partial charge is 0.300 e. The maximum absolute atomic E-state index is 11.2. The molecule has 0 unspecified atom stereocenters. The molecule has 1 heterocycles. The second-order valence-electron chi connectivity index (χ2n) is 4.50. The summed E-state index contributed by atoms with van der Waals surface area (Å²) < 4.78 is 2.87. The number of nitrogens with zero attached hydrogens (tertiary/aromatic N) is 2. The summed E-state index contributed by atoms with van der Waals surface area (Å²) in [5.41, 5.74) is 4.07. The Morgan fingerprint density at radius 1 is 1.39 bits per heavy atom. The minimum Gasteiger partial charge on any atom is -0.300 e. The molecule has 0 saturated carbocycles. The molecule has 2 aromatic rings. The van der Waals surface area contributed by atoms with E-state index in [0.29, 0.717) is 6.42 Å². The second kappa shape index (κ2) is 5.06. The van der Waals surface area contributed by atoms with Crippen LogP contribution in [0.2, 0.25) is 0 Å². The third kappa shape index (κ3) is 2.70. The van der Waals surface area contributed by atoms with E-state index < -0.39 is 0 Å². The average molecular weight is 307 g/mol. The fourth-order valence-electron chi connectivity index (χ4n) is 1.79. The SMILES string of the molecule is CC(=O)Cc1cn(-c2ccc(C)c(Br)c2)nc1C. The van der Waals surface area contributed by atoms with Gasteiger partial charge in [-0.3, -0.25) is 4.79 Å². The van der Waals surface area contributed by atoms with Crippen molar-refractivity contribution in [3.05, 3.63) is 45.7 Å². The lowest BCUT2D eigenvalue weighted by Crippen LogP contribution is -1.96. The normalized spacial score (nSPS) is 10.7. The fourth-order valence-corrected chi connectivity index (χ4v) is 2.16. The van der Waals surface area contributed by atoms with E-state index in [4.69, 9.17) is 0 Å². The van der Waals surface area contributed by atoms with Gasteiger partial charge in [0.05, 0.1) is 11.4 Å². The summed E-state index contributed by atoms with van der Waals surface area (Å²) in [7, 11) is 0. The molecule has 1 aromatic carbocycles. The highest BCUT2D eigenvalue weighted by Gasteiger charge is 2.08. The van der Waals surface area contributed by atoms with Gasteiger partial charge in [-0.15, -0.1) is 0 Å². The molecule has 1 aromatic heterocycles. The maximum atomic E-state index is 11.2. The van der Waals surface area contributed by atoms with E-state index in [9.17, 15) is 4.79 Å². The Bertz CT molecular complexity index is 602. The lowest BCUT2D eigenvalue weighted by atomic mass is 10.1. The van der Waals surface area contributed by atoms with Crippen LogP contribution in [-0.2, 0) is 11.2 Å². The molecule has 3 nitrogen and oxygen atoms in total. The number of rotatable bonds is 3. The Morgan fingerprint density at radius 3 is 2.72 bits per heavy atom. The van der Waals surface area contributed by atoms with Gasteiger partial charge in [0.1, 0.15) is 5.78 Å². The number of ketones is 1. The molecule has 18 heavy (non-hydrogen) atoms. The first-order valence-corrected chi connectivity index (χ1v) is 6.58. The topological polar surface area (TPSA) is 34.9 Å². The second-order valence-corrected chi connectivity index (χ2v) is 5.35. The van der Waals surface area contributed by atoms with Crippen molar-refractivity contribution in [2.75, 3.05) is 0 Å². The number of hydrogen-bond donors (Lipinski definition) is 0. The van der Waals surface area contributed by atoms with Crippen molar-refractivity contribution in [2.24, 2.45) is 0 Å². The van der Waals surface area contributed by atoms with E-state index in [1.165, 1.54) is 5.56 Å². The molecular formula is C14H15BrN2O. The van der Waals surface area contributed by atoms with E-state index in [-0.39, 0.29) is 5.78 Å². The molecule has 94 valence electrons. The average Bonchev–Trinajstić information content (AvgIpc) is 2.63. The highest BCUT2D eigenvalue weighted by atomic mass is 79.9. The predicted molar refractivity (Wildman–Crippen MR) is 75.1 cm³/mol. The first-order valence-electron chi connectivity index (χ1n) is 5.78. The lowest BCUT2D eigenvalue weighted by Gasteiger charge is -2.03. The molecule has 4 heteroatoms. The Kier molecular flexibility index (Phi) is 3.66. The highest BCUT2D eigenvalue weighted by molar-refractivity contribution is 9.10. The van der Waals surface area contributed by atoms with E-state index in [1.54, 1.807) is 6.92 Å². The van der Waals surface area contributed by atoms with Crippen molar-refractivity contribution >= 4 is 21.7 Å². The summed E-state index contributed by atoms with van der Waals surface area (Å²) >= 11 is 3.51. The van der Waals surface area contributed by atoms with Crippen LogP contribution in [0.15, 0.2) is 28.9 Å². The number of carbonyl (C=O) groups is 1. The predicted octanol–water partition coefficient (Wildman–Crippen LogP) is 3.38. The zero-order chi connectivity index (χ0) is 13.3. The Hall–Kier alpha value is -1.42. The Morgan fingerprint density at radius 2 is 2.11 bits per heavy atom. The van der Waals surface area contributed by atoms with Crippen molar-refractivity contribution in [2.45, 2.75) is 27.2 Å². The Balaban J connectivity index is 2.39. The van der Waals surface area contributed by atoms with Crippen LogP contribution in [0, 0.1) is 13.8 Å². The monoisotopic (exact) mass is 306 g/mol. The fraction of sp³-hybridized carbons (Fsp3) is 0.286. The molecular weight excluding hydrogens is 292 g/mol. The van der Waals surface area contributed by atoms with E-state index in [1.807, 2.05) is 42.9 Å². The van der Waals surface area contributed by atoms with Crippen molar-refractivity contribution in [1.29, 1.82) is 0 Å². The zero-order valence-electron chi connectivity index (χ0n) is 10.7. The highest BCUT2D eigenvalue weighted by Crippen LogP contribution is 2.20. The van der Waals surface area contributed by atoms with Crippen LogP contribution < -0.4 is 0 Å². The van der Waals surface area contributed by atoms with Gasteiger partial charge in [0.25, 0.3) is 0 Å². The standard InChI is InChI=1S/C14H15BrN2O/c1-9-4-5-13(7-14(9)15)17-8-12(6-10(2)18)11(3)16-17/h4-5,7-8H,6H2,1-3H3. The molecule has 0 fully saturated rings. The molecule has 0 bridgehead atoms. The van der Waals surface area contributed by atoms with Gasteiger partial charge in [-0.1, -0.05) is 22.0 Å². The van der Waals surface area contributed by atoms with Crippen molar-refractivity contribution in [3.63, 3.8) is 0 Å². The van der Waals surface area contributed by atoms with Crippen LogP contribution in [0.25, 0.3) is 5.69 Å². The quantitative estimate of drug-likeness (QED) is 0.871. The molecule has 0 spiro atoms. The summed E-state index contributed by atoms with van der Waals surface area (Å²) in [5, 5.41) is 4.45. The maximum Gasteiger partial charge on any atom is 0.134 e. The van der Waals surface area contributed by atoms with E-state index >= 15 is 0 Å². The van der Waals surface area contributed by atoms with Gasteiger partial charge < -0.3 is 0 Å². The number of aryl methyl sites for hydroxylation is 2. The summed E-state index contributed by atoms with van der Waals surface area (Å²) in [6.45, 7) is 5.57. The van der Waals surface area contributed by atoms with Gasteiger partial charge in [0.2, 0.25) is 0 Å². The third-order valence-electron chi connectivity index (χ3n) is 2.86. The lowest BCUT2D eigenvalue weighted by molar-refractivity contribution is -0.116. The van der Waals surface area contributed by atoms with E-state index in [0.717, 1.165) is 21.4 Å². The van der Waals surface area contributed by atoms with Crippen molar-refractivity contribution < 1.29 is 4.79 Å². The molecule has 0 amide bonds. The summed E-state index contributed by atoms with van der Waals surface area (Å²) in [4.78, 5) is 11.2. The van der Waals surface area contributed by atoms with Gasteiger partial charge in [-0.25, -0.2) is 4.68 Å². The summed E-state index contributed by atoms with van der Waals surface area (Å²) in [6, 6.07) is 6.09. The third-order valence-corrected chi connectivity index (χ3v) is 3.71. The molecule has 0 saturated heterocycles. The summed E-state index contributed by atoms with van der Waals surface area (Å²) in [6.07, 6.45) is 2.37.